The fourth-order valence-electron chi connectivity index (χ4n) is 1.79. The number of carbonyl (C=O) groups excluding carboxylic acids is 1. The summed E-state index contributed by atoms with van der Waals surface area (Å²) in [5, 5.41) is 1.16. The average Bonchev–Trinajstić information content (AvgIpc) is 2.47. The highest BCUT2D eigenvalue weighted by molar-refractivity contribution is 6.31. The van der Waals surface area contributed by atoms with Gasteiger partial charge in [-0.1, -0.05) is 23.2 Å². The van der Waals surface area contributed by atoms with Crippen LogP contribution in [0.1, 0.15) is 33.0 Å². The zero-order valence-corrected chi connectivity index (χ0v) is 13.2. The Morgan fingerprint density at radius 1 is 1.19 bits per heavy atom. The number of aromatic nitrogens is 2. The first-order valence-electron chi connectivity index (χ1n) is 6.32. The highest BCUT2D eigenvalue weighted by Gasteiger charge is 2.08. The van der Waals surface area contributed by atoms with Crippen LogP contribution in [0.25, 0.3) is 0 Å². The van der Waals surface area contributed by atoms with E-state index in [-0.39, 0.29) is 6.61 Å². The lowest BCUT2D eigenvalue weighted by molar-refractivity contribution is 0.101. The summed E-state index contributed by atoms with van der Waals surface area (Å²) < 4.78 is 5.58. The molecule has 0 N–H and O–H groups in total. The van der Waals surface area contributed by atoms with Crippen molar-refractivity contribution in [3.05, 3.63) is 56.6 Å². The molecule has 2 aromatic heterocycles. The first kappa shape index (κ1) is 15.9. The Morgan fingerprint density at radius 2 is 1.95 bits per heavy atom. The summed E-state index contributed by atoms with van der Waals surface area (Å²) in [5.74, 6) is 0. The van der Waals surface area contributed by atoms with Crippen LogP contribution < -0.4 is 0 Å². The Balaban J connectivity index is 2.05. The lowest BCUT2D eigenvalue weighted by Crippen LogP contribution is -2.03. The molecule has 0 amide bonds. The van der Waals surface area contributed by atoms with Crippen molar-refractivity contribution in [2.75, 3.05) is 0 Å². The minimum absolute atomic E-state index is 0.245. The summed E-state index contributed by atoms with van der Waals surface area (Å²) in [6.45, 7) is 4.20. The second-order valence-electron chi connectivity index (χ2n) is 4.58. The van der Waals surface area contributed by atoms with Crippen molar-refractivity contribution >= 4 is 29.5 Å². The molecule has 0 aliphatic rings. The summed E-state index contributed by atoms with van der Waals surface area (Å²) in [5.41, 5.74) is 3.27. The van der Waals surface area contributed by atoms with E-state index in [1.807, 2.05) is 6.92 Å². The first-order chi connectivity index (χ1) is 10.0. The van der Waals surface area contributed by atoms with Crippen LogP contribution in [0.2, 0.25) is 10.0 Å². The Kier molecular flexibility index (Phi) is 5.28. The maximum atomic E-state index is 10.9. The standard InChI is InChI=1S/C15H14Cl2N2O2/c1-9-12(16)3-4-18-15(9)8-21-7-11-5-13(17)10(2)14(6-20)19-11/h3-6H,7-8H2,1-2H3. The van der Waals surface area contributed by atoms with Gasteiger partial charge in [-0.05, 0) is 37.1 Å². The van der Waals surface area contributed by atoms with E-state index in [2.05, 4.69) is 9.97 Å². The van der Waals surface area contributed by atoms with Crippen LogP contribution in [-0.4, -0.2) is 16.3 Å². The molecule has 0 atom stereocenters. The minimum Gasteiger partial charge on any atom is -0.369 e. The summed E-state index contributed by atoms with van der Waals surface area (Å²) >= 11 is 12.1. The normalized spacial score (nSPS) is 10.7. The molecule has 0 spiro atoms. The monoisotopic (exact) mass is 324 g/mol. The van der Waals surface area contributed by atoms with E-state index in [9.17, 15) is 4.79 Å². The molecule has 4 nitrogen and oxygen atoms in total. The number of aldehydes is 1. The first-order valence-corrected chi connectivity index (χ1v) is 7.07. The highest BCUT2D eigenvalue weighted by atomic mass is 35.5. The maximum absolute atomic E-state index is 10.9. The van der Waals surface area contributed by atoms with Gasteiger partial charge in [0.15, 0.2) is 6.29 Å². The number of hydrogen-bond donors (Lipinski definition) is 0. The number of pyridine rings is 2. The fraction of sp³-hybridized carbons (Fsp3) is 0.267. The summed E-state index contributed by atoms with van der Waals surface area (Å²) in [4.78, 5) is 19.3. The van der Waals surface area contributed by atoms with Crippen LogP contribution in [0.5, 0.6) is 0 Å². The Labute approximate surface area is 133 Å². The van der Waals surface area contributed by atoms with Crippen LogP contribution in [0, 0.1) is 13.8 Å². The Morgan fingerprint density at radius 3 is 2.67 bits per heavy atom. The van der Waals surface area contributed by atoms with E-state index in [1.165, 1.54) is 0 Å². The number of halogens is 2. The lowest BCUT2D eigenvalue weighted by Gasteiger charge is -2.09. The quantitative estimate of drug-likeness (QED) is 0.782. The molecule has 0 saturated carbocycles. The van der Waals surface area contributed by atoms with Crippen molar-refractivity contribution < 1.29 is 9.53 Å². The van der Waals surface area contributed by atoms with E-state index >= 15 is 0 Å². The van der Waals surface area contributed by atoms with Crippen molar-refractivity contribution in [3.63, 3.8) is 0 Å². The zero-order valence-electron chi connectivity index (χ0n) is 11.7. The molecule has 0 saturated heterocycles. The molecule has 0 unspecified atom stereocenters. The minimum atomic E-state index is 0.245. The van der Waals surface area contributed by atoms with Gasteiger partial charge in [0.1, 0.15) is 5.69 Å². The van der Waals surface area contributed by atoms with Gasteiger partial charge in [0.05, 0.1) is 24.6 Å². The summed E-state index contributed by atoms with van der Waals surface area (Å²) in [6.07, 6.45) is 2.33. The molecule has 21 heavy (non-hydrogen) atoms. The fourth-order valence-corrected chi connectivity index (χ4v) is 2.17. The van der Waals surface area contributed by atoms with E-state index in [4.69, 9.17) is 27.9 Å². The summed E-state index contributed by atoms with van der Waals surface area (Å²) in [6, 6.07) is 3.43. The molecule has 0 aliphatic carbocycles. The third-order valence-electron chi connectivity index (χ3n) is 3.14. The van der Waals surface area contributed by atoms with Crippen molar-refractivity contribution in [1.29, 1.82) is 0 Å². The molecule has 0 fully saturated rings. The van der Waals surface area contributed by atoms with E-state index in [0.717, 1.165) is 11.3 Å². The number of hydrogen-bond acceptors (Lipinski definition) is 4. The summed E-state index contributed by atoms with van der Waals surface area (Å²) in [7, 11) is 0. The molecule has 2 rings (SSSR count). The predicted molar refractivity (Wildman–Crippen MR) is 81.8 cm³/mol. The van der Waals surface area contributed by atoms with E-state index in [1.54, 1.807) is 25.3 Å². The molecule has 6 heteroatoms. The average molecular weight is 325 g/mol. The number of nitrogens with zero attached hydrogens (tertiary/aromatic N) is 2. The van der Waals surface area contributed by atoms with Crippen molar-refractivity contribution in [1.82, 2.24) is 9.97 Å². The van der Waals surface area contributed by atoms with Gasteiger partial charge in [-0.15, -0.1) is 0 Å². The smallest absolute Gasteiger partial charge is 0.168 e. The molecular weight excluding hydrogens is 311 g/mol. The molecular formula is C15H14Cl2N2O2. The third-order valence-corrected chi connectivity index (χ3v) is 3.94. The lowest BCUT2D eigenvalue weighted by atomic mass is 10.2. The van der Waals surface area contributed by atoms with Gasteiger partial charge in [-0.25, -0.2) is 4.98 Å². The van der Waals surface area contributed by atoms with Gasteiger partial charge in [-0.3, -0.25) is 9.78 Å². The van der Waals surface area contributed by atoms with Crippen LogP contribution in [0.15, 0.2) is 18.3 Å². The van der Waals surface area contributed by atoms with Crippen LogP contribution >= 0.6 is 23.2 Å². The second-order valence-corrected chi connectivity index (χ2v) is 5.40. The van der Waals surface area contributed by atoms with Gasteiger partial charge in [0.25, 0.3) is 0 Å². The van der Waals surface area contributed by atoms with E-state index < -0.39 is 0 Å². The zero-order chi connectivity index (χ0) is 15.4. The van der Waals surface area contributed by atoms with Crippen molar-refractivity contribution in [2.24, 2.45) is 0 Å². The van der Waals surface area contributed by atoms with Crippen LogP contribution in [0.4, 0.5) is 0 Å². The predicted octanol–water partition coefficient (Wildman–Crippen LogP) is 3.93. The molecule has 110 valence electrons. The molecule has 2 aromatic rings. The van der Waals surface area contributed by atoms with Gasteiger partial charge in [0, 0.05) is 16.2 Å². The van der Waals surface area contributed by atoms with E-state index in [0.29, 0.717) is 39.9 Å². The molecule has 0 radical (unpaired) electrons. The Hall–Kier alpha value is -1.49. The van der Waals surface area contributed by atoms with Gasteiger partial charge in [0.2, 0.25) is 0 Å². The molecule has 0 aliphatic heterocycles. The number of ether oxygens (including phenoxy) is 1. The second kappa shape index (κ2) is 6.98. The van der Waals surface area contributed by atoms with Crippen molar-refractivity contribution in [3.8, 4) is 0 Å². The molecule has 0 bridgehead atoms. The van der Waals surface area contributed by atoms with Gasteiger partial charge >= 0.3 is 0 Å². The highest BCUT2D eigenvalue weighted by Crippen LogP contribution is 2.20. The topological polar surface area (TPSA) is 52.1 Å². The largest absolute Gasteiger partial charge is 0.369 e. The van der Waals surface area contributed by atoms with Gasteiger partial charge in [-0.2, -0.15) is 0 Å². The van der Waals surface area contributed by atoms with Crippen LogP contribution in [-0.2, 0) is 18.0 Å². The van der Waals surface area contributed by atoms with Crippen LogP contribution in [0.3, 0.4) is 0 Å². The SMILES string of the molecule is Cc1c(Cl)cc(COCc2nccc(Cl)c2C)nc1C=O. The molecule has 2 heterocycles. The number of rotatable bonds is 5. The maximum Gasteiger partial charge on any atom is 0.168 e. The Bertz CT molecular complexity index is 675. The van der Waals surface area contributed by atoms with Gasteiger partial charge < -0.3 is 4.74 Å². The van der Waals surface area contributed by atoms with Crippen molar-refractivity contribution in [2.45, 2.75) is 27.1 Å². The molecule has 0 aromatic carbocycles. The number of carbonyl (C=O) groups is 1. The third kappa shape index (κ3) is 3.79.